The molecule has 236 valence electrons. The lowest BCUT2D eigenvalue weighted by atomic mass is 9.93. The van der Waals surface area contributed by atoms with Gasteiger partial charge in [-0.05, 0) is 80.9 Å². The maximum atomic E-state index is 7.66. The Morgan fingerprint density at radius 2 is 1.04 bits per heavy atom. The molecule has 51 heavy (non-hydrogen) atoms. The predicted octanol–water partition coefficient (Wildman–Crippen LogP) is 13.2. The number of aromatic nitrogens is 2. The van der Waals surface area contributed by atoms with E-state index < -0.39 is 0 Å². The number of fused-ring (bicyclic) bond motifs is 8. The van der Waals surface area contributed by atoms with Crippen molar-refractivity contribution in [2.45, 2.75) is 0 Å². The lowest BCUT2D eigenvalue weighted by molar-refractivity contribution is 1.18. The first kappa shape index (κ1) is 28.9. The Hall–Kier alpha value is -7.02. The van der Waals surface area contributed by atoms with Crippen molar-refractivity contribution in [3.63, 3.8) is 0 Å². The number of hydrogen-bond donors (Lipinski definition) is 0. The summed E-state index contributed by atoms with van der Waals surface area (Å²) >= 11 is 0. The highest BCUT2D eigenvalue weighted by Crippen LogP contribution is 2.40. The van der Waals surface area contributed by atoms with Crippen LogP contribution in [0.5, 0.6) is 0 Å². The molecule has 0 saturated carbocycles. The average molecular weight is 648 g/mol. The Kier molecular flexibility index (Phi) is 6.56. The van der Waals surface area contributed by atoms with Crippen LogP contribution in [-0.2, 0) is 0 Å². The van der Waals surface area contributed by atoms with Crippen LogP contribution in [0.15, 0.2) is 176 Å². The van der Waals surface area contributed by atoms with Crippen molar-refractivity contribution in [1.82, 2.24) is 9.55 Å². The van der Waals surface area contributed by atoms with Crippen LogP contribution < -0.4 is 0 Å². The Morgan fingerprint density at radius 3 is 1.84 bits per heavy atom. The maximum Gasteiger partial charge on any atom is 0.188 e. The Labute approximate surface area is 295 Å². The number of para-hydroxylation sites is 1. The highest BCUT2D eigenvalue weighted by atomic mass is 15.0. The van der Waals surface area contributed by atoms with Crippen LogP contribution in [0.4, 0.5) is 5.69 Å². The summed E-state index contributed by atoms with van der Waals surface area (Å²) in [5.41, 5.74) is 11.6. The number of rotatable bonds is 4. The van der Waals surface area contributed by atoms with E-state index in [0.29, 0.717) is 5.69 Å². The minimum atomic E-state index is 0.642. The van der Waals surface area contributed by atoms with Gasteiger partial charge in [-0.1, -0.05) is 133 Å². The molecule has 0 aliphatic rings. The molecular formula is C48H29N3. The van der Waals surface area contributed by atoms with E-state index in [1.165, 1.54) is 21.7 Å². The molecule has 3 nitrogen and oxygen atoms in total. The van der Waals surface area contributed by atoms with Gasteiger partial charge in [0.05, 0.1) is 28.8 Å². The largest absolute Gasteiger partial charge is 0.309 e. The molecule has 8 aromatic carbocycles. The lowest BCUT2D eigenvalue weighted by Gasteiger charge is -2.14. The van der Waals surface area contributed by atoms with Gasteiger partial charge in [0, 0.05) is 32.8 Å². The first-order chi connectivity index (χ1) is 25.2. The van der Waals surface area contributed by atoms with Crippen LogP contribution in [0.25, 0.3) is 98.3 Å². The number of benzene rings is 8. The molecule has 0 aliphatic heterocycles. The van der Waals surface area contributed by atoms with E-state index in [4.69, 9.17) is 11.6 Å². The van der Waals surface area contributed by atoms with Crippen LogP contribution in [0.3, 0.4) is 0 Å². The second-order valence-corrected chi connectivity index (χ2v) is 13.1. The van der Waals surface area contributed by atoms with Crippen molar-refractivity contribution < 1.29 is 0 Å². The number of hydrogen-bond acceptors (Lipinski definition) is 1. The molecule has 2 aromatic heterocycles. The summed E-state index contributed by atoms with van der Waals surface area (Å²) in [6.07, 6.45) is 0. The third-order valence-corrected chi connectivity index (χ3v) is 10.2. The smallest absolute Gasteiger partial charge is 0.188 e. The number of nitrogens with zero attached hydrogens (tertiary/aromatic N) is 3. The van der Waals surface area contributed by atoms with E-state index in [1.807, 2.05) is 18.2 Å². The summed E-state index contributed by atoms with van der Waals surface area (Å²) in [6.45, 7) is 7.66. The van der Waals surface area contributed by atoms with Gasteiger partial charge in [0.25, 0.3) is 0 Å². The molecule has 2 heterocycles. The van der Waals surface area contributed by atoms with Crippen molar-refractivity contribution in [3.8, 4) is 39.2 Å². The average Bonchev–Trinajstić information content (AvgIpc) is 3.53. The third kappa shape index (κ3) is 4.70. The molecule has 10 aromatic rings. The van der Waals surface area contributed by atoms with Crippen LogP contribution in [0.1, 0.15) is 0 Å². The van der Waals surface area contributed by atoms with Gasteiger partial charge in [-0.3, -0.25) is 0 Å². The van der Waals surface area contributed by atoms with E-state index in [0.717, 1.165) is 71.7 Å². The minimum absolute atomic E-state index is 0.642. The fourth-order valence-electron chi connectivity index (χ4n) is 7.74. The maximum absolute atomic E-state index is 7.66. The van der Waals surface area contributed by atoms with E-state index in [-0.39, 0.29) is 0 Å². The van der Waals surface area contributed by atoms with E-state index in [9.17, 15) is 0 Å². The summed E-state index contributed by atoms with van der Waals surface area (Å²) in [5, 5.41) is 8.20. The summed E-state index contributed by atoms with van der Waals surface area (Å²) in [7, 11) is 0. The van der Waals surface area contributed by atoms with Gasteiger partial charge in [-0.15, -0.1) is 0 Å². The second-order valence-electron chi connectivity index (χ2n) is 13.1. The lowest BCUT2D eigenvalue weighted by Crippen LogP contribution is -1.93. The van der Waals surface area contributed by atoms with Crippen molar-refractivity contribution in [2.24, 2.45) is 0 Å². The van der Waals surface area contributed by atoms with Gasteiger partial charge in [-0.2, -0.15) is 0 Å². The first-order valence-corrected chi connectivity index (χ1v) is 17.2. The zero-order valence-electron chi connectivity index (χ0n) is 27.6. The molecule has 10 rings (SSSR count). The van der Waals surface area contributed by atoms with Crippen molar-refractivity contribution >= 4 is 59.9 Å². The van der Waals surface area contributed by atoms with Crippen LogP contribution in [0, 0.1) is 6.57 Å². The van der Waals surface area contributed by atoms with Crippen molar-refractivity contribution in [3.05, 3.63) is 187 Å². The van der Waals surface area contributed by atoms with E-state index >= 15 is 0 Å². The van der Waals surface area contributed by atoms with Crippen molar-refractivity contribution in [2.75, 3.05) is 0 Å². The molecule has 0 saturated heterocycles. The molecule has 0 atom stereocenters. The van der Waals surface area contributed by atoms with Gasteiger partial charge in [-0.25, -0.2) is 9.83 Å². The summed E-state index contributed by atoms with van der Waals surface area (Å²) < 4.78 is 2.29. The summed E-state index contributed by atoms with van der Waals surface area (Å²) in [6, 6.07) is 62.2. The van der Waals surface area contributed by atoms with Crippen LogP contribution in [0.2, 0.25) is 0 Å². The fourth-order valence-corrected chi connectivity index (χ4v) is 7.74. The van der Waals surface area contributed by atoms with Crippen LogP contribution >= 0.6 is 0 Å². The quantitative estimate of drug-likeness (QED) is 0.138. The molecule has 3 heteroatoms. The molecule has 0 N–H and O–H groups in total. The zero-order valence-corrected chi connectivity index (χ0v) is 27.6. The van der Waals surface area contributed by atoms with Gasteiger partial charge in [0.1, 0.15) is 0 Å². The van der Waals surface area contributed by atoms with Crippen LogP contribution in [-0.4, -0.2) is 9.55 Å². The SMILES string of the molecule is [C-]#[N+]c1ccc2c(c1)c1cc(-c3ccc(-c4nc5cc(-c6ccccc6)ccc5c5c4ccc4ccccc45)cc3)ccc1n2-c1ccccc1. The first-order valence-electron chi connectivity index (χ1n) is 17.2. The molecule has 0 bridgehead atoms. The minimum Gasteiger partial charge on any atom is -0.309 e. The molecule has 0 fully saturated rings. The molecule has 0 amide bonds. The Morgan fingerprint density at radius 1 is 0.431 bits per heavy atom. The van der Waals surface area contributed by atoms with Crippen molar-refractivity contribution in [1.29, 1.82) is 0 Å². The second kappa shape index (κ2) is 11.6. The highest BCUT2D eigenvalue weighted by molar-refractivity contribution is 6.22. The molecule has 0 spiro atoms. The molecule has 0 radical (unpaired) electrons. The third-order valence-electron chi connectivity index (χ3n) is 10.2. The monoisotopic (exact) mass is 647 g/mol. The van der Waals surface area contributed by atoms with Gasteiger partial charge < -0.3 is 4.57 Å². The molecule has 0 unspecified atom stereocenters. The van der Waals surface area contributed by atoms with Gasteiger partial charge >= 0.3 is 0 Å². The molecular weight excluding hydrogens is 619 g/mol. The highest BCUT2D eigenvalue weighted by Gasteiger charge is 2.16. The van der Waals surface area contributed by atoms with Gasteiger partial charge in [0.15, 0.2) is 5.69 Å². The van der Waals surface area contributed by atoms with Gasteiger partial charge in [0.2, 0.25) is 0 Å². The standard InChI is InChI=1S/C48H29N3/c1-49-37-23-27-46-43(30-37)42-28-35(22-26-45(42)51(46)38-13-6-3-7-14-38)32-16-18-34(19-17-32)48-41-25-20-33-12-8-9-15-39(33)47(41)40-24-21-36(29-44(40)50-48)31-10-4-2-5-11-31/h2-30H. The normalized spacial score (nSPS) is 11.5. The zero-order chi connectivity index (χ0) is 33.9. The summed E-state index contributed by atoms with van der Waals surface area (Å²) in [4.78, 5) is 9.11. The Balaban J connectivity index is 1.13. The Bertz CT molecular complexity index is 3000. The topological polar surface area (TPSA) is 22.2 Å². The van der Waals surface area contributed by atoms with E-state index in [2.05, 4.69) is 167 Å². The molecule has 0 aliphatic carbocycles. The predicted molar refractivity (Wildman–Crippen MR) is 214 cm³/mol. The summed E-state index contributed by atoms with van der Waals surface area (Å²) in [5.74, 6) is 0. The van der Waals surface area contributed by atoms with E-state index in [1.54, 1.807) is 0 Å². The fraction of sp³-hybridized carbons (Fsp3) is 0. The number of pyridine rings is 1.